The Balaban J connectivity index is 1.55. The van der Waals surface area contributed by atoms with Crippen molar-refractivity contribution in [3.8, 4) is 0 Å². The van der Waals surface area contributed by atoms with Crippen LogP contribution in [-0.4, -0.2) is 17.4 Å². The number of hydrogen-bond acceptors (Lipinski definition) is 3. The summed E-state index contributed by atoms with van der Waals surface area (Å²) in [5.41, 5.74) is 0.969. The van der Waals surface area contributed by atoms with Gasteiger partial charge in [0.05, 0.1) is 22.2 Å². The third-order valence-corrected chi connectivity index (χ3v) is 8.98. The highest BCUT2D eigenvalue weighted by Crippen LogP contribution is 2.38. The summed E-state index contributed by atoms with van der Waals surface area (Å²) in [5, 5.41) is 0.972. The van der Waals surface area contributed by atoms with Gasteiger partial charge in [0.1, 0.15) is 0 Å². The van der Waals surface area contributed by atoms with Gasteiger partial charge >= 0.3 is 12.4 Å². The molecule has 0 aliphatic heterocycles. The van der Waals surface area contributed by atoms with Crippen LogP contribution in [0.25, 0.3) is 46.1 Å². The van der Waals surface area contributed by atoms with Crippen LogP contribution in [0, 0.1) is 0 Å². The van der Waals surface area contributed by atoms with Crippen molar-refractivity contribution in [3.05, 3.63) is 143 Å². The highest BCUT2D eigenvalue weighted by Gasteiger charge is 2.31. The Hall–Kier alpha value is -5.16. The van der Waals surface area contributed by atoms with Crippen molar-refractivity contribution in [3.63, 3.8) is 0 Å². The number of halogens is 6. The number of rotatable bonds is 6. The van der Waals surface area contributed by atoms with Gasteiger partial charge in [-0.2, -0.15) is 34.8 Å². The van der Waals surface area contributed by atoms with Crippen molar-refractivity contribution in [1.82, 2.24) is 8.96 Å². The fourth-order valence-electron chi connectivity index (χ4n) is 5.16. The van der Waals surface area contributed by atoms with Gasteiger partial charge in [-0.25, -0.2) is 8.96 Å². The standard InChI is InChI=1S/C35H22F6N2O2S/c36-34(37,38)27-18-12-23(13-19-27)10-16-25-5-3-7-29-30-8-4-6-26(17-11-24-14-20-28(21-15-24)35(39,40)41)33(30)43(32(25)29)46(44,45)31-9-1-2-22-42-31/h1-22H/b16-10+,17-11+. The molecule has 4 nitrogen and oxygen atoms in total. The first-order chi connectivity index (χ1) is 21.8. The van der Waals surface area contributed by atoms with Crippen LogP contribution in [0.15, 0.2) is 114 Å². The van der Waals surface area contributed by atoms with Gasteiger partial charge in [0.15, 0.2) is 5.03 Å². The SMILES string of the molecule is O=S(=O)(c1ccccn1)n1c2c(/C=C/c3ccc(C(F)(F)F)cc3)cccc2c2cccc(/C=C/c3ccc(C(F)(F)F)cc3)c21. The molecule has 0 atom stereocenters. The number of aromatic nitrogens is 2. The van der Waals surface area contributed by atoms with Crippen molar-refractivity contribution in [2.45, 2.75) is 17.4 Å². The van der Waals surface area contributed by atoms with Gasteiger partial charge in [0.25, 0.3) is 10.0 Å². The molecule has 0 amide bonds. The van der Waals surface area contributed by atoms with Crippen molar-refractivity contribution in [2.75, 3.05) is 0 Å². The van der Waals surface area contributed by atoms with E-state index in [0.717, 1.165) is 24.3 Å². The fourth-order valence-corrected chi connectivity index (χ4v) is 6.68. The van der Waals surface area contributed by atoms with Crippen LogP contribution in [0.4, 0.5) is 26.3 Å². The average molecular weight is 649 g/mol. The van der Waals surface area contributed by atoms with Gasteiger partial charge in [-0.3, -0.25) is 0 Å². The van der Waals surface area contributed by atoms with E-state index in [1.165, 1.54) is 40.5 Å². The molecule has 6 rings (SSSR count). The Morgan fingerprint density at radius 3 is 1.39 bits per heavy atom. The van der Waals surface area contributed by atoms with Crippen LogP contribution in [0.5, 0.6) is 0 Å². The van der Waals surface area contributed by atoms with E-state index in [1.807, 2.05) is 0 Å². The minimum atomic E-state index is -4.48. The zero-order valence-electron chi connectivity index (χ0n) is 23.6. The number of alkyl halides is 6. The Morgan fingerprint density at radius 2 is 1.00 bits per heavy atom. The summed E-state index contributed by atoms with van der Waals surface area (Å²) in [5.74, 6) is 0. The Labute approximate surface area is 259 Å². The van der Waals surface area contributed by atoms with Crippen molar-refractivity contribution >= 4 is 56.1 Å². The summed E-state index contributed by atoms with van der Waals surface area (Å²) >= 11 is 0. The average Bonchev–Trinajstić information content (AvgIpc) is 3.39. The zero-order valence-corrected chi connectivity index (χ0v) is 24.4. The van der Waals surface area contributed by atoms with Crippen molar-refractivity contribution < 1.29 is 34.8 Å². The van der Waals surface area contributed by atoms with Crippen LogP contribution >= 0.6 is 0 Å². The van der Waals surface area contributed by atoms with Gasteiger partial charge < -0.3 is 0 Å². The second kappa shape index (κ2) is 11.6. The molecule has 0 aliphatic rings. The number of nitrogens with zero attached hydrogens (tertiary/aromatic N) is 2. The Morgan fingerprint density at radius 1 is 0.543 bits per heavy atom. The molecule has 0 saturated carbocycles. The lowest BCUT2D eigenvalue weighted by atomic mass is 10.0. The highest BCUT2D eigenvalue weighted by molar-refractivity contribution is 7.90. The summed E-state index contributed by atoms with van der Waals surface area (Å²) < 4.78 is 108. The number of hydrogen-bond donors (Lipinski definition) is 0. The quantitative estimate of drug-likeness (QED) is 0.134. The largest absolute Gasteiger partial charge is 0.416 e. The Kier molecular flexibility index (Phi) is 7.81. The summed E-state index contributed by atoms with van der Waals surface area (Å²) in [4.78, 5) is 4.09. The van der Waals surface area contributed by atoms with Crippen LogP contribution in [0.2, 0.25) is 0 Å². The molecule has 232 valence electrons. The molecule has 0 radical (unpaired) electrons. The van der Waals surface area contributed by atoms with Crippen molar-refractivity contribution in [1.29, 1.82) is 0 Å². The maximum Gasteiger partial charge on any atom is 0.416 e. The first kappa shape index (κ1) is 30.8. The molecular weight excluding hydrogens is 626 g/mol. The van der Waals surface area contributed by atoms with Gasteiger partial charge in [-0.05, 0) is 58.7 Å². The molecule has 0 N–H and O–H groups in total. The molecule has 46 heavy (non-hydrogen) atoms. The summed E-state index contributed by atoms with van der Waals surface area (Å²) in [6.45, 7) is 0. The van der Waals surface area contributed by atoms with Gasteiger partial charge in [-0.15, -0.1) is 0 Å². The molecule has 0 aliphatic carbocycles. The van der Waals surface area contributed by atoms with Gasteiger partial charge in [-0.1, -0.05) is 91.0 Å². The monoisotopic (exact) mass is 648 g/mol. The van der Waals surface area contributed by atoms with Crippen molar-refractivity contribution in [2.24, 2.45) is 0 Å². The molecule has 0 bridgehead atoms. The number of pyridine rings is 1. The van der Waals surface area contributed by atoms with E-state index in [9.17, 15) is 34.8 Å². The van der Waals surface area contributed by atoms with Crippen LogP contribution in [0.1, 0.15) is 33.4 Å². The minimum Gasteiger partial charge on any atom is -0.243 e. The molecule has 2 aromatic heterocycles. The van der Waals surface area contributed by atoms with E-state index in [0.29, 0.717) is 44.1 Å². The number of benzene rings is 4. The molecule has 0 spiro atoms. The summed E-state index contributed by atoms with van der Waals surface area (Å²) in [6, 6.07) is 24.1. The molecule has 6 aromatic rings. The van der Waals surface area contributed by atoms with E-state index in [-0.39, 0.29) is 5.03 Å². The van der Waals surface area contributed by atoms with Gasteiger partial charge in [0, 0.05) is 17.0 Å². The molecular formula is C35H22F6N2O2S. The second-order valence-electron chi connectivity index (χ2n) is 10.3. The topological polar surface area (TPSA) is 52.0 Å². The van der Waals surface area contributed by atoms with E-state index < -0.39 is 33.5 Å². The third kappa shape index (κ3) is 5.93. The molecule has 0 fully saturated rings. The number of para-hydroxylation sites is 2. The van der Waals surface area contributed by atoms with Crippen LogP contribution in [0.3, 0.4) is 0 Å². The smallest absolute Gasteiger partial charge is 0.243 e. The molecule has 4 aromatic carbocycles. The van der Waals surface area contributed by atoms with E-state index in [1.54, 1.807) is 72.8 Å². The number of fused-ring (bicyclic) bond motifs is 3. The minimum absolute atomic E-state index is 0.211. The second-order valence-corrected chi connectivity index (χ2v) is 12.1. The molecule has 0 unspecified atom stereocenters. The predicted octanol–water partition coefficient (Wildman–Crippen LogP) is 9.80. The van der Waals surface area contributed by atoms with E-state index >= 15 is 0 Å². The predicted molar refractivity (Wildman–Crippen MR) is 167 cm³/mol. The lowest BCUT2D eigenvalue weighted by Gasteiger charge is -2.12. The maximum atomic E-state index is 14.3. The fraction of sp³-hybridized carbons (Fsp3) is 0.0571. The van der Waals surface area contributed by atoms with Gasteiger partial charge in [0.2, 0.25) is 0 Å². The lowest BCUT2D eigenvalue weighted by Crippen LogP contribution is -2.15. The first-order valence-corrected chi connectivity index (χ1v) is 15.2. The molecule has 11 heteroatoms. The summed E-state index contributed by atoms with van der Waals surface area (Å²) in [7, 11) is -4.32. The molecule has 0 saturated heterocycles. The maximum absolute atomic E-state index is 14.3. The van der Waals surface area contributed by atoms with E-state index in [4.69, 9.17) is 0 Å². The first-order valence-electron chi connectivity index (χ1n) is 13.8. The third-order valence-electron chi connectivity index (χ3n) is 7.36. The zero-order chi connectivity index (χ0) is 32.7. The molecule has 2 heterocycles. The lowest BCUT2D eigenvalue weighted by molar-refractivity contribution is -0.138. The van der Waals surface area contributed by atoms with E-state index in [2.05, 4.69) is 4.98 Å². The van der Waals surface area contributed by atoms with Crippen LogP contribution in [-0.2, 0) is 22.4 Å². The van der Waals surface area contributed by atoms with Crippen LogP contribution < -0.4 is 0 Å². The highest BCUT2D eigenvalue weighted by atomic mass is 32.2. The normalized spacial score (nSPS) is 13.0. The summed E-state index contributed by atoms with van der Waals surface area (Å²) in [6.07, 6.45) is -1.15. The Bertz CT molecular complexity index is 2090.